The Balaban J connectivity index is 2.05. The summed E-state index contributed by atoms with van der Waals surface area (Å²) in [4.78, 5) is 56.9. The van der Waals surface area contributed by atoms with Crippen molar-refractivity contribution in [2.75, 3.05) is 12.3 Å². The van der Waals surface area contributed by atoms with Crippen molar-refractivity contribution in [3.05, 3.63) is 16.7 Å². The van der Waals surface area contributed by atoms with Crippen molar-refractivity contribution < 1.29 is 33.3 Å². The molecule has 3 N–H and O–H groups in total. The summed E-state index contributed by atoms with van der Waals surface area (Å²) in [5.74, 6) is -2.04. The number of carbonyl (C=O) groups excluding carboxylic acids is 3. The largest absolute Gasteiger partial charge is 0.463 e. The molecule has 0 bridgehead atoms. The minimum absolute atomic E-state index is 0.0168. The summed E-state index contributed by atoms with van der Waals surface area (Å²) in [5, 5.41) is 0. The number of nitrogens with two attached hydrogens (primary N) is 1. The van der Waals surface area contributed by atoms with E-state index in [9.17, 15) is 19.2 Å². The van der Waals surface area contributed by atoms with Crippen LogP contribution in [0, 0.1) is 0 Å². The average Bonchev–Trinajstić information content (AvgIpc) is 3.15. The lowest BCUT2D eigenvalue weighted by molar-refractivity contribution is -0.166. The number of imidazole rings is 1. The van der Waals surface area contributed by atoms with E-state index in [0.717, 1.165) is 0 Å². The van der Waals surface area contributed by atoms with Gasteiger partial charge in [-0.2, -0.15) is 4.98 Å². The van der Waals surface area contributed by atoms with Crippen LogP contribution in [0.3, 0.4) is 0 Å². The van der Waals surface area contributed by atoms with Gasteiger partial charge in [0, 0.05) is 20.8 Å². The summed E-state index contributed by atoms with van der Waals surface area (Å²) in [6, 6.07) is 0. The highest BCUT2D eigenvalue weighted by atomic mass is 16.7. The number of hydrogen-bond acceptors (Lipinski definition) is 11. The molecule has 0 unspecified atom stereocenters. The van der Waals surface area contributed by atoms with E-state index in [1.54, 1.807) is 0 Å². The molecule has 2 aromatic heterocycles. The zero-order valence-electron chi connectivity index (χ0n) is 15.8. The average molecular weight is 409 g/mol. The predicted molar refractivity (Wildman–Crippen MR) is 94.2 cm³/mol. The van der Waals surface area contributed by atoms with Crippen molar-refractivity contribution in [3.8, 4) is 0 Å². The third-order valence-corrected chi connectivity index (χ3v) is 4.07. The number of aromatic amines is 1. The van der Waals surface area contributed by atoms with Gasteiger partial charge in [-0.25, -0.2) is 4.98 Å². The van der Waals surface area contributed by atoms with E-state index in [1.807, 2.05) is 0 Å². The molecule has 0 aliphatic carbocycles. The SMILES string of the molecule is CC(=O)OC[C@H]1O[C@@H](n2cnc3c(=O)[nH]c(N)nc32)[C@H](OC(C)=O)[C@H]1OC(C)=O. The molecular formula is C16H19N5O8. The molecule has 156 valence electrons. The van der Waals surface area contributed by atoms with Gasteiger partial charge in [0.1, 0.15) is 12.7 Å². The third-order valence-electron chi connectivity index (χ3n) is 4.07. The number of nitrogens with one attached hydrogen (secondary N) is 1. The van der Waals surface area contributed by atoms with Gasteiger partial charge >= 0.3 is 17.9 Å². The molecule has 3 heterocycles. The first kappa shape index (κ1) is 20.3. The molecule has 1 saturated heterocycles. The first-order valence-corrected chi connectivity index (χ1v) is 8.53. The summed E-state index contributed by atoms with van der Waals surface area (Å²) < 4.78 is 22.8. The Bertz CT molecular complexity index is 1010. The topological polar surface area (TPSA) is 178 Å². The van der Waals surface area contributed by atoms with Crippen molar-refractivity contribution in [1.82, 2.24) is 19.5 Å². The fourth-order valence-corrected chi connectivity index (χ4v) is 3.05. The number of nitrogens with zero attached hydrogens (tertiary/aromatic N) is 3. The smallest absolute Gasteiger partial charge is 0.303 e. The van der Waals surface area contributed by atoms with E-state index in [1.165, 1.54) is 31.7 Å². The van der Waals surface area contributed by atoms with Crippen LogP contribution >= 0.6 is 0 Å². The lowest BCUT2D eigenvalue weighted by Gasteiger charge is -2.23. The van der Waals surface area contributed by atoms with Crippen LogP contribution in [-0.4, -0.2) is 62.3 Å². The summed E-state index contributed by atoms with van der Waals surface area (Å²) in [6.07, 6.45) is -2.99. The quantitative estimate of drug-likeness (QED) is 0.458. The lowest BCUT2D eigenvalue weighted by atomic mass is 10.1. The first-order valence-electron chi connectivity index (χ1n) is 8.53. The number of anilines is 1. The molecule has 2 aromatic rings. The van der Waals surface area contributed by atoms with E-state index >= 15 is 0 Å². The monoisotopic (exact) mass is 409 g/mol. The normalized spacial score (nSPS) is 23.7. The molecule has 0 radical (unpaired) electrons. The van der Waals surface area contributed by atoms with E-state index in [2.05, 4.69) is 15.0 Å². The zero-order valence-corrected chi connectivity index (χ0v) is 15.8. The van der Waals surface area contributed by atoms with E-state index < -0.39 is 48.0 Å². The van der Waals surface area contributed by atoms with E-state index in [0.29, 0.717) is 0 Å². The van der Waals surface area contributed by atoms with Crippen molar-refractivity contribution in [2.24, 2.45) is 0 Å². The Labute approximate surface area is 163 Å². The number of rotatable bonds is 5. The summed E-state index contributed by atoms with van der Waals surface area (Å²) in [6.45, 7) is 3.30. The number of carbonyl (C=O) groups is 3. The maximum atomic E-state index is 12.0. The Kier molecular flexibility index (Phi) is 5.50. The van der Waals surface area contributed by atoms with Gasteiger partial charge in [-0.15, -0.1) is 0 Å². The van der Waals surface area contributed by atoms with Crippen LogP contribution in [0.25, 0.3) is 11.2 Å². The fraction of sp³-hybridized carbons (Fsp3) is 0.500. The van der Waals surface area contributed by atoms with Crippen LogP contribution in [0.4, 0.5) is 5.95 Å². The minimum Gasteiger partial charge on any atom is -0.463 e. The van der Waals surface area contributed by atoms with Crippen LogP contribution in [0.2, 0.25) is 0 Å². The molecule has 13 nitrogen and oxygen atoms in total. The molecule has 1 fully saturated rings. The molecule has 4 atom stereocenters. The molecule has 1 aliphatic rings. The number of fused-ring (bicyclic) bond motifs is 1. The van der Waals surface area contributed by atoms with E-state index in [-0.39, 0.29) is 23.7 Å². The Hall–Kier alpha value is -3.48. The highest BCUT2D eigenvalue weighted by molar-refractivity contribution is 5.71. The first-order chi connectivity index (χ1) is 13.7. The number of aromatic nitrogens is 4. The second-order valence-electron chi connectivity index (χ2n) is 6.29. The van der Waals surface area contributed by atoms with Crippen LogP contribution in [-0.2, 0) is 33.3 Å². The summed E-state index contributed by atoms with van der Waals surface area (Å²) in [7, 11) is 0. The van der Waals surface area contributed by atoms with Gasteiger partial charge in [0.05, 0.1) is 6.33 Å². The van der Waals surface area contributed by atoms with Crippen molar-refractivity contribution in [3.63, 3.8) is 0 Å². The van der Waals surface area contributed by atoms with Crippen molar-refractivity contribution in [1.29, 1.82) is 0 Å². The number of hydrogen-bond donors (Lipinski definition) is 2. The second-order valence-corrected chi connectivity index (χ2v) is 6.29. The highest BCUT2D eigenvalue weighted by Gasteiger charge is 2.51. The second kappa shape index (κ2) is 7.87. The summed E-state index contributed by atoms with van der Waals surface area (Å²) >= 11 is 0. The molecule has 0 aromatic carbocycles. The molecule has 0 amide bonds. The minimum atomic E-state index is -1.13. The summed E-state index contributed by atoms with van der Waals surface area (Å²) in [5.41, 5.74) is 5.09. The Morgan fingerprint density at radius 3 is 2.45 bits per heavy atom. The Morgan fingerprint density at radius 2 is 1.83 bits per heavy atom. The number of esters is 3. The van der Waals surface area contributed by atoms with Gasteiger partial charge in [-0.05, 0) is 0 Å². The zero-order chi connectivity index (χ0) is 21.3. The molecule has 0 saturated carbocycles. The Morgan fingerprint density at radius 1 is 1.17 bits per heavy atom. The fourth-order valence-electron chi connectivity index (χ4n) is 3.05. The van der Waals surface area contributed by atoms with Crippen LogP contribution in [0.15, 0.2) is 11.1 Å². The van der Waals surface area contributed by atoms with Crippen LogP contribution in [0.5, 0.6) is 0 Å². The van der Waals surface area contributed by atoms with Crippen molar-refractivity contribution in [2.45, 2.75) is 45.3 Å². The predicted octanol–water partition coefficient (Wildman–Crippen LogP) is -0.974. The van der Waals surface area contributed by atoms with Gasteiger partial charge in [-0.1, -0.05) is 0 Å². The van der Waals surface area contributed by atoms with Crippen molar-refractivity contribution >= 4 is 35.0 Å². The van der Waals surface area contributed by atoms with Gasteiger partial charge in [0.25, 0.3) is 5.56 Å². The number of H-pyrrole nitrogens is 1. The molecule has 3 rings (SSSR count). The molecular weight excluding hydrogens is 390 g/mol. The molecule has 0 spiro atoms. The van der Waals surface area contributed by atoms with Gasteiger partial charge in [-0.3, -0.25) is 28.7 Å². The van der Waals surface area contributed by atoms with Crippen LogP contribution < -0.4 is 11.3 Å². The lowest BCUT2D eigenvalue weighted by Crippen LogP contribution is -2.40. The van der Waals surface area contributed by atoms with Gasteiger partial charge < -0.3 is 24.7 Å². The maximum absolute atomic E-state index is 12.0. The molecule has 13 heteroatoms. The number of nitrogen functional groups attached to an aromatic ring is 1. The van der Waals surface area contributed by atoms with Gasteiger partial charge in [0.2, 0.25) is 5.95 Å². The maximum Gasteiger partial charge on any atom is 0.303 e. The molecule has 29 heavy (non-hydrogen) atoms. The standard InChI is InChI=1S/C16H19N5O8/c1-6(22)26-4-9-11(27-7(2)23)12(28-8(3)24)15(29-9)21-5-18-10-13(21)19-16(17)20-14(10)25/h5,9,11-12,15H,4H2,1-3H3,(H3,17,19,20,25)/t9-,11+,12-,15-/m1/s1. The van der Waals surface area contributed by atoms with Gasteiger partial charge in [0.15, 0.2) is 29.6 Å². The van der Waals surface area contributed by atoms with E-state index in [4.69, 9.17) is 24.7 Å². The third kappa shape index (κ3) is 4.18. The van der Waals surface area contributed by atoms with Crippen LogP contribution in [0.1, 0.15) is 27.0 Å². The number of ether oxygens (including phenoxy) is 4. The molecule has 1 aliphatic heterocycles. The highest BCUT2D eigenvalue weighted by Crippen LogP contribution is 2.35.